The fourth-order valence-electron chi connectivity index (χ4n) is 3.93. The number of nitrogens with zero attached hydrogens (tertiary/aromatic N) is 3. The van der Waals surface area contributed by atoms with Crippen LogP contribution in [-0.2, 0) is 16.1 Å². The second-order valence-corrected chi connectivity index (χ2v) is 7.24. The summed E-state index contributed by atoms with van der Waals surface area (Å²) in [7, 11) is 0. The highest BCUT2D eigenvalue weighted by molar-refractivity contribution is 5.93. The second-order valence-electron chi connectivity index (χ2n) is 7.24. The minimum atomic E-state index is -0.507. The summed E-state index contributed by atoms with van der Waals surface area (Å²) in [4.78, 5) is 33.6. The summed E-state index contributed by atoms with van der Waals surface area (Å²) < 4.78 is 11.0. The van der Waals surface area contributed by atoms with E-state index in [1.54, 1.807) is 11.8 Å². The number of aromatic nitrogens is 1. The number of hydrogen-bond donors (Lipinski definition) is 0. The molecule has 7 nitrogen and oxygen atoms in total. The second kappa shape index (κ2) is 7.15. The Morgan fingerprint density at radius 2 is 2.11 bits per heavy atom. The van der Waals surface area contributed by atoms with E-state index in [4.69, 9.17) is 9.15 Å². The highest BCUT2D eigenvalue weighted by Crippen LogP contribution is 2.32. The van der Waals surface area contributed by atoms with Gasteiger partial charge >= 0.3 is 0 Å². The molecule has 0 bridgehead atoms. The molecule has 1 aromatic heterocycles. The summed E-state index contributed by atoms with van der Waals surface area (Å²) >= 11 is 0. The van der Waals surface area contributed by atoms with Crippen LogP contribution in [0.1, 0.15) is 34.7 Å². The van der Waals surface area contributed by atoms with Gasteiger partial charge in [0.15, 0.2) is 6.39 Å². The van der Waals surface area contributed by atoms with Gasteiger partial charge in [0.05, 0.1) is 17.8 Å². The van der Waals surface area contributed by atoms with Crippen LogP contribution in [0, 0.1) is 6.92 Å². The third kappa shape index (κ3) is 3.35. The first-order valence-corrected chi connectivity index (χ1v) is 9.21. The Bertz CT molecular complexity index is 827. The van der Waals surface area contributed by atoms with Gasteiger partial charge in [-0.1, -0.05) is 30.3 Å². The highest BCUT2D eigenvalue weighted by Gasteiger charge is 2.47. The minimum absolute atomic E-state index is 0.0499. The van der Waals surface area contributed by atoms with Gasteiger partial charge < -0.3 is 19.0 Å². The van der Waals surface area contributed by atoms with E-state index in [0.29, 0.717) is 45.0 Å². The first-order valence-electron chi connectivity index (χ1n) is 9.21. The Hall–Kier alpha value is -2.67. The maximum absolute atomic E-state index is 13.0. The van der Waals surface area contributed by atoms with Crippen molar-refractivity contribution >= 4 is 11.8 Å². The lowest BCUT2D eigenvalue weighted by Crippen LogP contribution is -2.56. The quantitative estimate of drug-likeness (QED) is 0.827. The van der Waals surface area contributed by atoms with Crippen molar-refractivity contribution in [2.75, 3.05) is 26.3 Å². The summed E-state index contributed by atoms with van der Waals surface area (Å²) in [6.07, 6.45) is 2.28. The van der Waals surface area contributed by atoms with Crippen molar-refractivity contribution in [3.8, 4) is 0 Å². The van der Waals surface area contributed by atoms with Crippen molar-refractivity contribution in [1.82, 2.24) is 14.8 Å². The number of benzene rings is 1. The van der Waals surface area contributed by atoms with E-state index < -0.39 is 5.54 Å². The van der Waals surface area contributed by atoms with Gasteiger partial charge in [0, 0.05) is 32.7 Å². The van der Waals surface area contributed by atoms with Crippen molar-refractivity contribution in [3.63, 3.8) is 0 Å². The molecule has 2 saturated heterocycles. The minimum Gasteiger partial charge on any atom is -0.438 e. The van der Waals surface area contributed by atoms with Crippen molar-refractivity contribution in [3.05, 3.63) is 53.7 Å². The van der Waals surface area contributed by atoms with E-state index in [0.717, 1.165) is 5.56 Å². The molecule has 2 aliphatic heterocycles. The van der Waals surface area contributed by atoms with Gasteiger partial charge in [0.1, 0.15) is 0 Å². The predicted molar refractivity (Wildman–Crippen MR) is 96.9 cm³/mol. The zero-order valence-electron chi connectivity index (χ0n) is 15.4. The van der Waals surface area contributed by atoms with Crippen LogP contribution in [0.5, 0.6) is 0 Å². The average Bonchev–Trinajstić information content (AvgIpc) is 3.29. The summed E-state index contributed by atoms with van der Waals surface area (Å²) in [6.45, 7) is 4.09. The summed E-state index contributed by atoms with van der Waals surface area (Å²) in [6, 6.07) is 9.93. The zero-order chi connectivity index (χ0) is 18.9. The molecule has 7 heteroatoms. The van der Waals surface area contributed by atoms with Crippen LogP contribution in [0.15, 0.2) is 41.1 Å². The van der Waals surface area contributed by atoms with Crippen LogP contribution in [0.25, 0.3) is 0 Å². The van der Waals surface area contributed by atoms with Gasteiger partial charge in [0.25, 0.3) is 5.91 Å². The van der Waals surface area contributed by atoms with E-state index in [2.05, 4.69) is 4.98 Å². The molecule has 4 rings (SSSR count). The fraction of sp³-hybridized carbons (Fsp3) is 0.450. The molecule has 0 saturated carbocycles. The predicted octanol–water partition coefficient (Wildman–Crippen LogP) is 2.02. The summed E-state index contributed by atoms with van der Waals surface area (Å²) in [5, 5.41) is 0. The van der Waals surface area contributed by atoms with E-state index in [-0.39, 0.29) is 24.0 Å². The molecular weight excluding hydrogens is 346 g/mol. The number of hydrogen-bond acceptors (Lipinski definition) is 5. The summed E-state index contributed by atoms with van der Waals surface area (Å²) in [5.74, 6) is 0.0765. The molecular formula is C20H23N3O4. The Labute approximate surface area is 157 Å². The van der Waals surface area contributed by atoms with Crippen molar-refractivity contribution in [2.24, 2.45) is 0 Å². The van der Waals surface area contributed by atoms with E-state index in [9.17, 15) is 9.59 Å². The number of amides is 2. The van der Waals surface area contributed by atoms with Crippen LogP contribution in [0.4, 0.5) is 0 Å². The Kier molecular flexibility index (Phi) is 4.70. The van der Waals surface area contributed by atoms with Gasteiger partial charge in [0.2, 0.25) is 11.7 Å². The molecule has 1 atom stereocenters. The van der Waals surface area contributed by atoms with E-state index in [1.165, 1.54) is 6.39 Å². The van der Waals surface area contributed by atoms with E-state index in [1.807, 2.05) is 35.2 Å². The van der Waals surface area contributed by atoms with Crippen molar-refractivity contribution in [1.29, 1.82) is 0 Å². The highest BCUT2D eigenvalue weighted by atomic mass is 16.5. The zero-order valence-corrected chi connectivity index (χ0v) is 15.4. The molecule has 0 N–H and O–H groups in total. The monoisotopic (exact) mass is 369 g/mol. The Morgan fingerprint density at radius 1 is 1.30 bits per heavy atom. The van der Waals surface area contributed by atoms with Gasteiger partial charge in [-0.25, -0.2) is 4.98 Å². The van der Waals surface area contributed by atoms with Gasteiger partial charge in [-0.05, 0) is 18.9 Å². The molecule has 3 heterocycles. The van der Waals surface area contributed by atoms with Crippen LogP contribution < -0.4 is 0 Å². The van der Waals surface area contributed by atoms with Gasteiger partial charge in [-0.2, -0.15) is 0 Å². The lowest BCUT2D eigenvalue weighted by atomic mass is 9.94. The molecule has 1 spiro atoms. The number of carbonyl (C=O) groups excluding carboxylic acids is 2. The average molecular weight is 369 g/mol. The molecule has 2 aromatic rings. The van der Waals surface area contributed by atoms with Crippen LogP contribution in [0.2, 0.25) is 0 Å². The Balaban J connectivity index is 1.63. The van der Waals surface area contributed by atoms with Crippen LogP contribution >= 0.6 is 0 Å². The largest absolute Gasteiger partial charge is 0.438 e. The lowest BCUT2D eigenvalue weighted by molar-refractivity contribution is -0.137. The normalized spacial score (nSPS) is 23.1. The van der Waals surface area contributed by atoms with Crippen LogP contribution in [-0.4, -0.2) is 58.4 Å². The number of aryl methyl sites for hydroxylation is 1. The maximum atomic E-state index is 13.0. The van der Waals surface area contributed by atoms with Crippen molar-refractivity contribution in [2.45, 2.75) is 31.8 Å². The molecule has 1 aromatic carbocycles. The number of oxazole rings is 1. The third-order valence-electron chi connectivity index (χ3n) is 5.45. The number of rotatable bonds is 3. The SMILES string of the molecule is Cc1ncoc1C(=O)N1CCC(=O)N(Cc2ccccc2)C2(CCOC2)C1. The molecule has 0 radical (unpaired) electrons. The fourth-order valence-corrected chi connectivity index (χ4v) is 3.93. The number of ether oxygens (including phenoxy) is 1. The van der Waals surface area contributed by atoms with Crippen LogP contribution in [0.3, 0.4) is 0 Å². The van der Waals surface area contributed by atoms with Gasteiger partial charge in [-0.15, -0.1) is 0 Å². The smallest absolute Gasteiger partial charge is 0.291 e. The molecule has 142 valence electrons. The molecule has 0 aliphatic carbocycles. The first-order chi connectivity index (χ1) is 13.1. The molecule has 2 amide bonds. The topological polar surface area (TPSA) is 75.9 Å². The van der Waals surface area contributed by atoms with Gasteiger partial charge in [-0.3, -0.25) is 9.59 Å². The van der Waals surface area contributed by atoms with E-state index >= 15 is 0 Å². The molecule has 2 aliphatic rings. The van der Waals surface area contributed by atoms with Crippen molar-refractivity contribution < 1.29 is 18.7 Å². The standard InChI is InChI=1S/C20H23N3O4/c1-15-18(27-14-21-15)19(25)22-9-7-17(24)23(11-16-5-3-2-4-6-16)20(12-22)8-10-26-13-20/h2-6,14H,7-13H2,1H3. The molecule has 2 fully saturated rings. The molecule has 1 unspecified atom stereocenters. The summed E-state index contributed by atoms with van der Waals surface area (Å²) in [5.41, 5.74) is 1.13. The first kappa shape index (κ1) is 17.7. The third-order valence-corrected chi connectivity index (χ3v) is 5.45. The number of carbonyl (C=O) groups is 2. The Morgan fingerprint density at radius 3 is 2.78 bits per heavy atom. The maximum Gasteiger partial charge on any atom is 0.291 e. The molecule has 27 heavy (non-hydrogen) atoms. The lowest BCUT2D eigenvalue weighted by Gasteiger charge is -2.40.